The molecule has 1 aromatic heterocycles. The van der Waals surface area contributed by atoms with Crippen molar-refractivity contribution in [3.05, 3.63) is 58.8 Å². The molecule has 2 rings (SSSR count). The number of guanidine groups is 1. The van der Waals surface area contributed by atoms with Crippen molar-refractivity contribution in [2.75, 3.05) is 27.2 Å². The first-order valence-electron chi connectivity index (χ1n) is 7.99. The molecule has 9 heteroatoms. The largest absolute Gasteiger partial charge is 0.355 e. The molecule has 0 radical (unpaired) electrons. The highest BCUT2D eigenvalue weighted by Gasteiger charge is 2.13. The number of benzene rings is 1. The molecule has 1 aromatic carbocycles. The molecule has 0 aliphatic carbocycles. The van der Waals surface area contributed by atoms with Crippen LogP contribution in [0.1, 0.15) is 5.56 Å². The highest BCUT2D eigenvalue weighted by atomic mass is 79.9. The number of nitrogens with zero attached hydrogens (tertiary/aromatic N) is 3. The Kier molecular flexibility index (Phi) is 7.55. The number of nitrogens with one attached hydrogen (secondary N) is 2. The van der Waals surface area contributed by atoms with Gasteiger partial charge < -0.3 is 10.2 Å². The fraction of sp³-hybridized carbons (Fsp3) is 0.294. The minimum absolute atomic E-state index is 0.149. The Labute approximate surface area is 162 Å². The molecule has 2 aromatic rings. The summed E-state index contributed by atoms with van der Waals surface area (Å²) in [7, 11) is 0.0668. The molecule has 0 spiro atoms. The van der Waals surface area contributed by atoms with Crippen molar-refractivity contribution in [1.82, 2.24) is 19.9 Å². The monoisotopic (exact) mass is 439 g/mol. The van der Waals surface area contributed by atoms with Crippen molar-refractivity contribution in [3.8, 4) is 0 Å². The molecule has 140 valence electrons. The number of rotatable bonds is 7. The first-order chi connectivity index (χ1) is 12.4. The van der Waals surface area contributed by atoms with Crippen LogP contribution in [0.2, 0.25) is 0 Å². The Morgan fingerprint density at radius 1 is 1.23 bits per heavy atom. The van der Waals surface area contributed by atoms with Crippen molar-refractivity contribution < 1.29 is 8.42 Å². The summed E-state index contributed by atoms with van der Waals surface area (Å²) in [6, 6.07) is 11.1. The van der Waals surface area contributed by atoms with E-state index < -0.39 is 10.0 Å². The summed E-state index contributed by atoms with van der Waals surface area (Å²) in [5.41, 5.74) is 1.13. The number of halogens is 1. The topological polar surface area (TPSA) is 86.7 Å². The maximum atomic E-state index is 12.1. The lowest BCUT2D eigenvalue weighted by Crippen LogP contribution is -2.42. The molecule has 0 saturated carbocycles. The van der Waals surface area contributed by atoms with Gasteiger partial charge in [0.05, 0.1) is 0 Å². The predicted octanol–water partition coefficient (Wildman–Crippen LogP) is 1.83. The quantitative estimate of drug-likeness (QED) is 0.390. The SMILES string of the molecule is CN=C(NCCNS(=O)(=O)c1cccnc1)N(C)Cc1ccccc1Br. The fourth-order valence-corrected chi connectivity index (χ4v) is 3.70. The summed E-state index contributed by atoms with van der Waals surface area (Å²) in [6.07, 6.45) is 2.85. The van der Waals surface area contributed by atoms with Crippen LogP contribution in [0.5, 0.6) is 0 Å². The minimum Gasteiger partial charge on any atom is -0.355 e. The van der Waals surface area contributed by atoms with Gasteiger partial charge in [-0.1, -0.05) is 34.1 Å². The molecule has 2 N–H and O–H groups in total. The van der Waals surface area contributed by atoms with Gasteiger partial charge in [-0.15, -0.1) is 0 Å². The number of hydrogen-bond donors (Lipinski definition) is 2. The van der Waals surface area contributed by atoms with E-state index in [2.05, 4.69) is 35.9 Å². The maximum Gasteiger partial charge on any atom is 0.242 e. The molecule has 1 heterocycles. The van der Waals surface area contributed by atoms with Crippen LogP contribution >= 0.6 is 15.9 Å². The summed E-state index contributed by atoms with van der Waals surface area (Å²) in [5, 5.41) is 3.15. The Balaban J connectivity index is 1.84. The van der Waals surface area contributed by atoms with Crippen molar-refractivity contribution in [2.45, 2.75) is 11.4 Å². The van der Waals surface area contributed by atoms with Gasteiger partial charge in [0, 0.05) is 50.6 Å². The zero-order valence-electron chi connectivity index (χ0n) is 14.7. The van der Waals surface area contributed by atoms with Gasteiger partial charge in [-0.2, -0.15) is 0 Å². The zero-order valence-corrected chi connectivity index (χ0v) is 17.1. The average molecular weight is 440 g/mol. The second kappa shape index (κ2) is 9.65. The summed E-state index contributed by atoms with van der Waals surface area (Å²) in [6.45, 7) is 1.31. The fourth-order valence-electron chi connectivity index (χ4n) is 2.29. The lowest BCUT2D eigenvalue weighted by Gasteiger charge is -2.22. The summed E-state index contributed by atoms with van der Waals surface area (Å²) in [5.74, 6) is 0.682. The van der Waals surface area contributed by atoms with Crippen molar-refractivity contribution in [3.63, 3.8) is 0 Å². The Hall–Kier alpha value is -1.97. The van der Waals surface area contributed by atoms with E-state index in [-0.39, 0.29) is 11.4 Å². The number of hydrogen-bond acceptors (Lipinski definition) is 4. The maximum absolute atomic E-state index is 12.1. The van der Waals surface area contributed by atoms with Crippen LogP contribution in [0.3, 0.4) is 0 Å². The molecule has 0 unspecified atom stereocenters. The Bertz CT molecular complexity index is 843. The number of aromatic nitrogens is 1. The average Bonchev–Trinajstić information content (AvgIpc) is 2.64. The van der Waals surface area contributed by atoms with Crippen LogP contribution in [0.25, 0.3) is 0 Å². The molecular weight excluding hydrogens is 418 g/mol. The van der Waals surface area contributed by atoms with E-state index in [4.69, 9.17) is 0 Å². The molecule has 0 atom stereocenters. The van der Waals surface area contributed by atoms with Gasteiger partial charge in [0.15, 0.2) is 5.96 Å². The van der Waals surface area contributed by atoms with E-state index in [1.54, 1.807) is 13.1 Å². The summed E-state index contributed by atoms with van der Waals surface area (Å²) < 4.78 is 27.8. The van der Waals surface area contributed by atoms with Gasteiger partial charge >= 0.3 is 0 Å². The third-order valence-electron chi connectivity index (χ3n) is 3.58. The van der Waals surface area contributed by atoms with Gasteiger partial charge in [0.2, 0.25) is 10.0 Å². The van der Waals surface area contributed by atoms with E-state index in [1.807, 2.05) is 36.2 Å². The minimum atomic E-state index is -3.55. The van der Waals surface area contributed by atoms with Crippen LogP contribution in [0.4, 0.5) is 0 Å². The smallest absolute Gasteiger partial charge is 0.242 e. The molecule has 0 aliphatic heterocycles. The second-order valence-electron chi connectivity index (χ2n) is 5.51. The zero-order chi connectivity index (χ0) is 19.0. The summed E-state index contributed by atoms with van der Waals surface area (Å²) in [4.78, 5) is 10.2. The van der Waals surface area contributed by atoms with Gasteiger partial charge in [0.1, 0.15) is 4.90 Å². The van der Waals surface area contributed by atoms with E-state index in [1.165, 1.54) is 18.5 Å². The predicted molar refractivity (Wildman–Crippen MR) is 106 cm³/mol. The van der Waals surface area contributed by atoms with E-state index in [0.29, 0.717) is 19.0 Å². The molecule has 0 aliphatic rings. The third kappa shape index (κ3) is 5.79. The molecule has 26 heavy (non-hydrogen) atoms. The normalized spacial score (nSPS) is 12.0. The van der Waals surface area contributed by atoms with Crippen LogP contribution in [0, 0.1) is 0 Å². The Morgan fingerprint density at radius 3 is 2.65 bits per heavy atom. The standard InChI is InChI=1S/C17H22BrN5O2S/c1-19-17(23(2)13-14-6-3-4-8-16(14)18)21-10-11-22-26(24,25)15-7-5-9-20-12-15/h3-9,12,22H,10-11,13H2,1-2H3,(H,19,21). The lowest BCUT2D eigenvalue weighted by molar-refractivity contribution is 0.476. The van der Waals surface area contributed by atoms with Crippen LogP contribution in [-0.2, 0) is 16.6 Å². The molecule has 0 amide bonds. The van der Waals surface area contributed by atoms with Crippen molar-refractivity contribution in [1.29, 1.82) is 0 Å². The molecule has 0 bridgehead atoms. The van der Waals surface area contributed by atoms with Crippen LogP contribution in [0.15, 0.2) is 63.2 Å². The molecule has 0 fully saturated rings. The van der Waals surface area contributed by atoms with Crippen molar-refractivity contribution in [2.24, 2.45) is 4.99 Å². The number of sulfonamides is 1. The van der Waals surface area contributed by atoms with Gasteiger partial charge in [0.25, 0.3) is 0 Å². The van der Waals surface area contributed by atoms with E-state index in [0.717, 1.165) is 10.0 Å². The van der Waals surface area contributed by atoms with Gasteiger partial charge in [-0.3, -0.25) is 9.98 Å². The molecule has 7 nitrogen and oxygen atoms in total. The van der Waals surface area contributed by atoms with Crippen LogP contribution in [-0.4, -0.2) is 51.4 Å². The number of aliphatic imine (C=N–C) groups is 1. The lowest BCUT2D eigenvalue weighted by atomic mass is 10.2. The molecular formula is C17H22BrN5O2S. The van der Waals surface area contributed by atoms with E-state index >= 15 is 0 Å². The van der Waals surface area contributed by atoms with Crippen molar-refractivity contribution >= 4 is 31.9 Å². The molecule has 0 saturated heterocycles. The van der Waals surface area contributed by atoms with Crippen LogP contribution < -0.4 is 10.0 Å². The van der Waals surface area contributed by atoms with Gasteiger partial charge in [-0.25, -0.2) is 13.1 Å². The number of pyridine rings is 1. The van der Waals surface area contributed by atoms with Gasteiger partial charge in [-0.05, 0) is 23.8 Å². The van der Waals surface area contributed by atoms with E-state index in [9.17, 15) is 8.42 Å². The second-order valence-corrected chi connectivity index (χ2v) is 8.13. The first kappa shape index (κ1) is 20.3. The summed E-state index contributed by atoms with van der Waals surface area (Å²) >= 11 is 3.53. The highest BCUT2D eigenvalue weighted by Crippen LogP contribution is 2.17. The third-order valence-corrected chi connectivity index (χ3v) is 5.80. The Morgan fingerprint density at radius 2 is 2.00 bits per heavy atom. The highest BCUT2D eigenvalue weighted by molar-refractivity contribution is 9.10. The first-order valence-corrected chi connectivity index (χ1v) is 10.3.